The lowest BCUT2D eigenvalue weighted by molar-refractivity contribution is 0.0752. The molecule has 0 radical (unpaired) electrons. The lowest BCUT2D eigenvalue weighted by Gasteiger charge is -2.24. The third-order valence-corrected chi connectivity index (χ3v) is 4.12. The van der Waals surface area contributed by atoms with Gasteiger partial charge in [0.1, 0.15) is 5.82 Å². The molecule has 1 rings (SSSR count). The zero-order valence-corrected chi connectivity index (χ0v) is 14.6. The van der Waals surface area contributed by atoms with Gasteiger partial charge in [-0.05, 0) is 51.2 Å². The van der Waals surface area contributed by atoms with Crippen molar-refractivity contribution in [1.29, 1.82) is 0 Å². The summed E-state index contributed by atoms with van der Waals surface area (Å²) < 4.78 is 14.5. The molecule has 0 fully saturated rings. The van der Waals surface area contributed by atoms with Crippen LogP contribution in [-0.4, -0.2) is 48.4 Å². The minimum absolute atomic E-state index is 0.142. The smallest absolute Gasteiger partial charge is 0.256 e. The van der Waals surface area contributed by atoms with E-state index in [0.717, 1.165) is 26.1 Å². The number of nitrogens with zero attached hydrogens (tertiary/aromatic N) is 2. The minimum atomic E-state index is -0.475. The van der Waals surface area contributed by atoms with Gasteiger partial charge in [0.2, 0.25) is 0 Å². The van der Waals surface area contributed by atoms with Gasteiger partial charge in [-0.25, -0.2) is 4.39 Å². The summed E-state index contributed by atoms with van der Waals surface area (Å²) in [4.78, 5) is 16.4. The van der Waals surface area contributed by atoms with Gasteiger partial charge in [-0.3, -0.25) is 4.79 Å². The molecule has 0 heterocycles. The van der Waals surface area contributed by atoms with Gasteiger partial charge in [0.25, 0.3) is 5.91 Å². The first-order valence-corrected chi connectivity index (χ1v) is 8.29. The van der Waals surface area contributed by atoms with E-state index in [1.165, 1.54) is 12.1 Å². The predicted molar refractivity (Wildman–Crippen MR) is 88.1 cm³/mol. The maximum absolute atomic E-state index is 13.9. The molecule has 1 aromatic carbocycles. The first-order valence-electron chi connectivity index (χ1n) is 7.50. The molecule has 118 valence electrons. The summed E-state index contributed by atoms with van der Waals surface area (Å²) in [5.41, 5.74) is 0.142. The molecule has 0 saturated carbocycles. The molecule has 1 amide bonds. The molecule has 3 nitrogen and oxygen atoms in total. The second-order valence-corrected chi connectivity index (χ2v) is 5.81. The molecule has 0 aliphatic carbocycles. The molecule has 0 N–H and O–H groups in total. The Bertz CT molecular complexity index is 464. The summed E-state index contributed by atoms with van der Waals surface area (Å²) in [6.07, 6.45) is 0.902. The fraction of sp³-hybridized carbons (Fsp3) is 0.562. The molecule has 5 heteroatoms. The van der Waals surface area contributed by atoms with E-state index in [-0.39, 0.29) is 11.5 Å². The summed E-state index contributed by atoms with van der Waals surface area (Å²) in [5.74, 6) is -0.710. The topological polar surface area (TPSA) is 23.6 Å². The van der Waals surface area contributed by atoms with Crippen LogP contribution in [0.1, 0.15) is 37.6 Å². The maximum Gasteiger partial charge on any atom is 0.256 e. The average molecular weight is 359 g/mol. The van der Waals surface area contributed by atoms with Gasteiger partial charge in [0.15, 0.2) is 0 Å². The highest BCUT2D eigenvalue weighted by Crippen LogP contribution is 2.17. The Morgan fingerprint density at radius 1 is 1.14 bits per heavy atom. The lowest BCUT2D eigenvalue weighted by Crippen LogP contribution is -2.34. The van der Waals surface area contributed by atoms with E-state index >= 15 is 0 Å². The fourth-order valence-electron chi connectivity index (χ4n) is 2.26. The summed E-state index contributed by atoms with van der Waals surface area (Å²) in [6.45, 7) is 10.4. The number of hydrogen-bond acceptors (Lipinski definition) is 2. The van der Waals surface area contributed by atoms with Crippen LogP contribution in [0.2, 0.25) is 0 Å². The van der Waals surface area contributed by atoms with E-state index in [1.807, 2.05) is 6.92 Å². The molecule has 0 aliphatic rings. The molecule has 0 bridgehead atoms. The Balaban J connectivity index is 2.64. The van der Waals surface area contributed by atoms with Gasteiger partial charge >= 0.3 is 0 Å². The molecule has 0 spiro atoms. The maximum atomic E-state index is 13.9. The Morgan fingerprint density at radius 2 is 1.81 bits per heavy atom. The molecule has 21 heavy (non-hydrogen) atoms. The van der Waals surface area contributed by atoms with Crippen molar-refractivity contribution >= 4 is 21.8 Å². The second-order valence-electron chi connectivity index (χ2n) is 4.89. The first kappa shape index (κ1) is 18.1. The third kappa shape index (κ3) is 5.40. The third-order valence-electron chi connectivity index (χ3n) is 3.63. The zero-order valence-electron chi connectivity index (χ0n) is 13.0. The van der Waals surface area contributed by atoms with E-state index in [4.69, 9.17) is 0 Å². The molecule has 0 saturated heterocycles. The molecular formula is C16H24BrFN2O. The van der Waals surface area contributed by atoms with Crippen LogP contribution in [0.25, 0.3) is 0 Å². The van der Waals surface area contributed by atoms with Gasteiger partial charge in [0, 0.05) is 17.6 Å². The van der Waals surface area contributed by atoms with E-state index in [2.05, 4.69) is 34.7 Å². The van der Waals surface area contributed by atoms with Gasteiger partial charge < -0.3 is 9.80 Å². The summed E-state index contributed by atoms with van der Waals surface area (Å²) in [6, 6.07) is 4.56. The van der Waals surface area contributed by atoms with Gasteiger partial charge in [0.05, 0.1) is 5.56 Å². The van der Waals surface area contributed by atoms with Crippen molar-refractivity contribution in [1.82, 2.24) is 9.80 Å². The zero-order chi connectivity index (χ0) is 15.8. The minimum Gasteiger partial charge on any atom is -0.339 e. The highest BCUT2D eigenvalue weighted by Gasteiger charge is 2.18. The van der Waals surface area contributed by atoms with Crippen LogP contribution in [0, 0.1) is 5.82 Å². The van der Waals surface area contributed by atoms with Crippen LogP contribution in [0.15, 0.2) is 22.7 Å². The lowest BCUT2D eigenvalue weighted by atomic mass is 10.2. The number of halogens is 2. The normalized spacial score (nSPS) is 11.0. The highest BCUT2D eigenvalue weighted by molar-refractivity contribution is 9.10. The molecule has 0 aliphatic heterocycles. The number of rotatable bonds is 8. The first-order chi connectivity index (χ1) is 10.0. The Hall–Kier alpha value is -0.940. The van der Waals surface area contributed by atoms with Gasteiger partial charge in [-0.2, -0.15) is 0 Å². The van der Waals surface area contributed by atoms with E-state index in [0.29, 0.717) is 17.6 Å². The van der Waals surface area contributed by atoms with E-state index in [1.54, 1.807) is 11.0 Å². The van der Waals surface area contributed by atoms with Crippen LogP contribution in [-0.2, 0) is 0 Å². The molecule has 1 aromatic rings. The predicted octanol–water partition coefficient (Wildman–Crippen LogP) is 3.78. The molecule has 0 aromatic heterocycles. The number of carbonyl (C=O) groups excluding carboxylic acids is 1. The summed E-state index contributed by atoms with van der Waals surface area (Å²) >= 11 is 3.20. The van der Waals surface area contributed by atoms with Crippen LogP contribution in [0.5, 0.6) is 0 Å². The summed E-state index contributed by atoms with van der Waals surface area (Å²) in [7, 11) is 0. The van der Waals surface area contributed by atoms with Crippen LogP contribution in [0.3, 0.4) is 0 Å². The number of amides is 1. The Kier molecular flexibility index (Phi) is 7.89. The van der Waals surface area contributed by atoms with Crippen molar-refractivity contribution in [3.63, 3.8) is 0 Å². The van der Waals surface area contributed by atoms with Crippen LogP contribution < -0.4 is 0 Å². The quantitative estimate of drug-likeness (QED) is 0.705. The van der Waals surface area contributed by atoms with Crippen molar-refractivity contribution in [2.24, 2.45) is 0 Å². The van der Waals surface area contributed by atoms with Gasteiger partial charge in [-0.15, -0.1) is 0 Å². The second kappa shape index (κ2) is 9.15. The Morgan fingerprint density at radius 3 is 2.33 bits per heavy atom. The molecule has 0 unspecified atom stereocenters. The standard InChI is InChI=1S/C16H24BrFN2O/c1-4-19(5-2)10-7-11-20(6-3)16(21)14-9-8-13(17)12-15(14)18/h8-9,12H,4-7,10-11H2,1-3H3. The Labute approximate surface area is 135 Å². The van der Waals surface area contributed by atoms with E-state index < -0.39 is 5.82 Å². The van der Waals surface area contributed by atoms with Crippen molar-refractivity contribution in [3.05, 3.63) is 34.1 Å². The number of hydrogen-bond donors (Lipinski definition) is 0. The number of carbonyl (C=O) groups is 1. The van der Waals surface area contributed by atoms with E-state index in [9.17, 15) is 9.18 Å². The molecular weight excluding hydrogens is 335 g/mol. The van der Waals surface area contributed by atoms with Crippen molar-refractivity contribution in [2.45, 2.75) is 27.2 Å². The SMILES string of the molecule is CCN(CC)CCCN(CC)C(=O)c1ccc(Br)cc1F. The van der Waals surface area contributed by atoms with Crippen LogP contribution >= 0.6 is 15.9 Å². The fourth-order valence-corrected chi connectivity index (χ4v) is 2.59. The molecule has 0 atom stereocenters. The highest BCUT2D eigenvalue weighted by atomic mass is 79.9. The van der Waals surface area contributed by atoms with Crippen molar-refractivity contribution < 1.29 is 9.18 Å². The monoisotopic (exact) mass is 358 g/mol. The average Bonchev–Trinajstić information content (AvgIpc) is 2.47. The van der Waals surface area contributed by atoms with Crippen molar-refractivity contribution in [2.75, 3.05) is 32.7 Å². The van der Waals surface area contributed by atoms with Gasteiger partial charge in [-0.1, -0.05) is 29.8 Å². The summed E-state index contributed by atoms with van der Waals surface area (Å²) in [5, 5.41) is 0. The largest absolute Gasteiger partial charge is 0.339 e. The number of benzene rings is 1. The van der Waals surface area contributed by atoms with Crippen molar-refractivity contribution in [3.8, 4) is 0 Å². The van der Waals surface area contributed by atoms with Crippen LogP contribution in [0.4, 0.5) is 4.39 Å².